The van der Waals surface area contributed by atoms with Crippen LogP contribution < -0.4 is 5.32 Å². The van der Waals surface area contributed by atoms with Crippen LogP contribution in [0.3, 0.4) is 0 Å². The lowest BCUT2D eigenvalue weighted by molar-refractivity contribution is -0.491. The van der Waals surface area contributed by atoms with Gasteiger partial charge >= 0.3 is 12.1 Å². The van der Waals surface area contributed by atoms with E-state index in [-0.39, 0.29) is 6.42 Å². The number of esters is 1. The Kier molecular flexibility index (Phi) is 6.29. The lowest BCUT2D eigenvalue weighted by Gasteiger charge is -2.23. The van der Waals surface area contributed by atoms with E-state index in [1.165, 1.54) is 0 Å². The Bertz CT molecular complexity index is 508. The number of hydrogen-bond acceptors (Lipinski definition) is 5. The summed E-state index contributed by atoms with van der Waals surface area (Å²) in [4.78, 5) is 20.9. The molecule has 0 aliphatic rings. The number of nitrogens with zero attached hydrogens (tertiary/aromatic N) is 1. The third-order valence-electron chi connectivity index (χ3n) is 2.90. The predicted octanol–water partition coefficient (Wildman–Crippen LogP) is 1.57. The number of nitrogens with one attached hydrogen (secondary N) is 1. The number of ether oxygens (including phenoxy) is 1. The van der Waals surface area contributed by atoms with E-state index in [1.807, 2.05) is 5.32 Å². The van der Waals surface area contributed by atoms with Crippen LogP contribution >= 0.6 is 0 Å². The molecule has 122 valence electrons. The number of rotatable bonds is 7. The van der Waals surface area contributed by atoms with Crippen LogP contribution in [0.4, 0.5) is 13.2 Å². The predicted molar refractivity (Wildman–Crippen MR) is 70.8 cm³/mol. The van der Waals surface area contributed by atoms with Crippen molar-refractivity contribution in [1.29, 1.82) is 0 Å². The number of halogens is 3. The van der Waals surface area contributed by atoms with Crippen molar-refractivity contribution in [2.24, 2.45) is 0 Å². The van der Waals surface area contributed by atoms with Crippen molar-refractivity contribution in [2.75, 3.05) is 13.7 Å². The van der Waals surface area contributed by atoms with E-state index in [2.05, 4.69) is 4.74 Å². The second-order valence-corrected chi connectivity index (χ2v) is 4.54. The molecule has 1 N–H and O–H groups in total. The summed E-state index contributed by atoms with van der Waals surface area (Å²) in [6.45, 7) is -1.37. The molecule has 0 aliphatic heterocycles. The molecule has 0 spiro atoms. The lowest BCUT2D eigenvalue weighted by Crippen LogP contribution is -2.54. The third-order valence-corrected chi connectivity index (χ3v) is 2.90. The van der Waals surface area contributed by atoms with Crippen LogP contribution in [-0.4, -0.2) is 42.8 Å². The van der Waals surface area contributed by atoms with Gasteiger partial charge in [0.2, 0.25) is 6.54 Å². The zero-order valence-electron chi connectivity index (χ0n) is 11.7. The third kappa shape index (κ3) is 5.68. The van der Waals surface area contributed by atoms with Crippen LogP contribution in [0.25, 0.3) is 0 Å². The zero-order chi connectivity index (χ0) is 16.8. The van der Waals surface area contributed by atoms with E-state index in [4.69, 9.17) is 0 Å². The fourth-order valence-electron chi connectivity index (χ4n) is 1.84. The number of alkyl halides is 3. The molecule has 1 aromatic rings. The molecule has 1 rings (SSSR count). The molecular weight excluding hydrogens is 305 g/mol. The van der Waals surface area contributed by atoms with Gasteiger partial charge in [-0.15, -0.1) is 0 Å². The topological polar surface area (TPSA) is 81.5 Å². The van der Waals surface area contributed by atoms with Gasteiger partial charge in [-0.2, -0.15) is 13.2 Å². The molecule has 2 atom stereocenters. The minimum atomic E-state index is -4.85. The quantitative estimate of drug-likeness (QED) is 0.468. The van der Waals surface area contributed by atoms with E-state index in [9.17, 15) is 28.1 Å². The molecule has 1 aromatic carbocycles. The minimum absolute atomic E-state index is 0.0716. The molecule has 0 radical (unpaired) electrons. The fourth-order valence-corrected chi connectivity index (χ4v) is 1.84. The van der Waals surface area contributed by atoms with Crippen LogP contribution in [0.5, 0.6) is 0 Å². The van der Waals surface area contributed by atoms with Crippen LogP contribution in [0.2, 0.25) is 0 Å². The monoisotopic (exact) mass is 320 g/mol. The number of nitro groups is 1. The number of benzene rings is 1. The summed E-state index contributed by atoms with van der Waals surface area (Å²) in [5.41, 5.74) is 0.604. The van der Waals surface area contributed by atoms with Crippen molar-refractivity contribution in [3.05, 3.63) is 46.0 Å². The van der Waals surface area contributed by atoms with E-state index in [0.29, 0.717) is 5.56 Å². The number of methoxy groups -OCH3 is 1. The van der Waals surface area contributed by atoms with Gasteiger partial charge in [0.15, 0.2) is 6.04 Å². The minimum Gasteiger partial charge on any atom is -0.468 e. The molecule has 0 unspecified atom stereocenters. The first kappa shape index (κ1) is 17.9. The maximum atomic E-state index is 12.8. The maximum absolute atomic E-state index is 12.8. The Balaban J connectivity index is 2.91. The highest BCUT2D eigenvalue weighted by molar-refractivity contribution is 5.76. The fraction of sp³-hybridized carbons (Fsp3) is 0.462. The normalized spacial score (nSPS) is 14.2. The zero-order valence-corrected chi connectivity index (χ0v) is 11.7. The Hall–Kier alpha value is -2.16. The standard InChI is InChI=1S/C13H15F3N2O4/c1-22-12(19)10(7-9-5-3-2-4-6-9)17-11(8-18(20)21)13(14,15)16/h2-6,10-11,17H,7-8H2,1H3/t10-,11+/m1/s1. The van der Waals surface area contributed by atoms with Crippen molar-refractivity contribution in [1.82, 2.24) is 5.32 Å². The van der Waals surface area contributed by atoms with Crippen LogP contribution in [0.15, 0.2) is 30.3 Å². The molecule has 22 heavy (non-hydrogen) atoms. The molecule has 0 bridgehead atoms. The number of carbonyl (C=O) groups is 1. The van der Waals surface area contributed by atoms with Gasteiger partial charge in [0.05, 0.1) is 7.11 Å². The van der Waals surface area contributed by atoms with Gasteiger partial charge in [-0.25, -0.2) is 0 Å². The molecule has 0 amide bonds. The van der Waals surface area contributed by atoms with E-state index in [1.54, 1.807) is 30.3 Å². The maximum Gasteiger partial charge on any atom is 0.410 e. The Labute approximate surface area is 124 Å². The highest BCUT2D eigenvalue weighted by Crippen LogP contribution is 2.21. The van der Waals surface area contributed by atoms with Gasteiger partial charge in [0.25, 0.3) is 0 Å². The highest BCUT2D eigenvalue weighted by Gasteiger charge is 2.45. The van der Waals surface area contributed by atoms with E-state index in [0.717, 1.165) is 7.11 Å². The molecule has 6 nitrogen and oxygen atoms in total. The summed E-state index contributed by atoms with van der Waals surface area (Å²) in [6.07, 6.45) is -4.92. The molecule has 0 saturated carbocycles. The summed E-state index contributed by atoms with van der Waals surface area (Å²) in [5.74, 6) is -0.915. The lowest BCUT2D eigenvalue weighted by atomic mass is 10.0. The Morgan fingerprint density at radius 3 is 2.41 bits per heavy atom. The first-order valence-corrected chi connectivity index (χ1v) is 6.30. The van der Waals surface area contributed by atoms with Crippen molar-refractivity contribution in [2.45, 2.75) is 24.7 Å². The molecule has 9 heteroatoms. The van der Waals surface area contributed by atoms with Crippen LogP contribution in [0, 0.1) is 10.1 Å². The van der Waals surface area contributed by atoms with Crippen molar-refractivity contribution >= 4 is 5.97 Å². The molecular formula is C13H15F3N2O4. The number of hydrogen-bond donors (Lipinski definition) is 1. The summed E-state index contributed by atoms with van der Waals surface area (Å²) < 4.78 is 42.9. The van der Waals surface area contributed by atoms with Gasteiger partial charge in [-0.05, 0) is 12.0 Å². The molecule has 0 fully saturated rings. The largest absolute Gasteiger partial charge is 0.468 e. The highest BCUT2D eigenvalue weighted by atomic mass is 19.4. The first-order valence-electron chi connectivity index (χ1n) is 6.30. The second kappa shape index (κ2) is 7.74. The SMILES string of the molecule is COC(=O)[C@@H](Cc1ccccc1)N[C@@H](C[N+](=O)[O-])C(F)(F)F. The van der Waals surface area contributed by atoms with Gasteiger partial charge in [-0.3, -0.25) is 20.2 Å². The van der Waals surface area contributed by atoms with E-state index >= 15 is 0 Å². The number of carbonyl (C=O) groups excluding carboxylic acids is 1. The van der Waals surface area contributed by atoms with Crippen molar-refractivity contribution < 1.29 is 27.6 Å². The van der Waals surface area contributed by atoms with Gasteiger partial charge in [0.1, 0.15) is 6.04 Å². The summed E-state index contributed by atoms with van der Waals surface area (Å²) in [5, 5.41) is 12.4. The average molecular weight is 320 g/mol. The molecule has 0 saturated heterocycles. The van der Waals surface area contributed by atoms with Gasteiger partial charge in [0, 0.05) is 4.92 Å². The van der Waals surface area contributed by atoms with Gasteiger partial charge in [-0.1, -0.05) is 30.3 Å². The van der Waals surface area contributed by atoms with Crippen molar-refractivity contribution in [3.63, 3.8) is 0 Å². The van der Waals surface area contributed by atoms with Crippen molar-refractivity contribution in [3.8, 4) is 0 Å². The average Bonchev–Trinajstić information content (AvgIpc) is 2.44. The molecule has 0 heterocycles. The van der Waals surface area contributed by atoms with Crippen LogP contribution in [0.1, 0.15) is 5.56 Å². The summed E-state index contributed by atoms with van der Waals surface area (Å²) >= 11 is 0. The molecule has 0 aromatic heterocycles. The molecule has 0 aliphatic carbocycles. The smallest absolute Gasteiger partial charge is 0.410 e. The Morgan fingerprint density at radius 2 is 1.95 bits per heavy atom. The second-order valence-electron chi connectivity index (χ2n) is 4.54. The van der Waals surface area contributed by atoms with E-state index < -0.39 is 35.7 Å². The van der Waals surface area contributed by atoms with Crippen LogP contribution in [-0.2, 0) is 16.0 Å². The Morgan fingerprint density at radius 1 is 1.36 bits per heavy atom. The van der Waals surface area contributed by atoms with Gasteiger partial charge < -0.3 is 4.74 Å². The summed E-state index contributed by atoms with van der Waals surface area (Å²) in [6, 6.07) is 4.55. The summed E-state index contributed by atoms with van der Waals surface area (Å²) in [7, 11) is 1.04. The first-order chi connectivity index (χ1) is 10.2.